The van der Waals surface area contributed by atoms with E-state index in [-0.39, 0.29) is 12.0 Å². The van der Waals surface area contributed by atoms with Crippen molar-refractivity contribution in [3.8, 4) is 11.3 Å². The van der Waals surface area contributed by atoms with Gasteiger partial charge in [0.05, 0.1) is 23.1 Å². The van der Waals surface area contributed by atoms with Gasteiger partial charge in [0, 0.05) is 31.8 Å². The van der Waals surface area contributed by atoms with Crippen LogP contribution in [0.4, 0.5) is 5.88 Å². The van der Waals surface area contributed by atoms with Crippen LogP contribution < -0.4 is 4.90 Å². The van der Waals surface area contributed by atoms with Crippen molar-refractivity contribution in [2.45, 2.75) is 44.8 Å². The predicted octanol–water partition coefficient (Wildman–Crippen LogP) is 5.21. The highest BCUT2D eigenvalue weighted by molar-refractivity contribution is 7.12. The van der Waals surface area contributed by atoms with Gasteiger partial charge in [-0.05, 0) is 43.6 Å². The first-order valence-corrected chi connectivity index (χ1v) is 12.4. The summed E-state index contributed by atoms with van der Waals surface area (Å²) in [5.74, 6) is 0.847. The molecule has 2 saturated heterocycles. The molecule has 0 bridgehead atoms. The molecule has 168 valence electrons. The lowest BCUT2D eigenvalue weighted by atomic mass is 10.0. The summed E-state index contributed by atoms with van der Waals surface area (Å²) in [6.45, 7) is 3.72. The van der Waals surface area contributed by atoms with Gasteiger partial charge in [0.25, 0.3) is 5.91 Å². The Kier molecular flexibility index (Phi) is 6.55. The van der Waals surface area contributed by atoms with Gasteiger partial charge in [-0.2, -0.15) is 0 Å². The molecule has 0 spiro atoms. The summed E-state index contributed by atoms with van der Waals surface area (Å²) in [6.07, 6.45) is 5.66. The predicted molar refractivity (Wildman–Crippen MR) is 126 cm³/mol. The van der Waals surface area contributed by atoms with Gasteiger partial charge in [-0.25, -0.2) is 0 Å². The molecule has 0 radical (unpaired) electrons. The number of nitrogens with zero attached hydrogens (tertiary/aromatic N) is 3. The number of benzene rings is 1. The molecule has 1 amide bonds. The van der Waals surface area contributed by atoms with Gasteiger partial charge in [-0.3, -0.25) is 4.79 Å². The second-order valence-corrected chi connectivity index (χ2v) is 9.47. The molecular formula is C25H29N3O3S. The van der Waals surface area contributed by atoms with Gasteiger partial charge >= 0.3 is 0 Å². The minimum Gasteiger partial charge on any atom is -0.376 e. The maximum atomic E-state index is 13.5. The summed E-state index contributed by atoms with van der Waals surface area (Å²) in [4.78, 5) is 18.4. The van der Waals surface area contributed by atoms with Crippen LogP contribution in [-0.2, 0) is 11.3 Å². The fraction of sp³-hybridized carbons (Fsp3) is 0.440. The van der Waals surface area contributed by atoms with Crippen molar-refractivity contribution in [1.82, 2.24) is 10.1 Å². The molecule has 2 fully saturated rings. The summed E-state index contributed by atoms with van der Waals surface area (Å²) in [6, 6.07) is 13.9. The Hall–Kier alpha value is -2.64. The van der Waals surface area contributed by atoms with Gasteiger partial charge in [0.1, 0.15) is 5.69 Å². The monoisotopic (exact) mass is 451 g/mol. The van der Waals surface area contributed by atoms with Crippen LogP contribution in [0.3, 0.4) is 0 Å². The first-order valence-electron chi connectivity index (χ1n) is 11.5. The first-order chi connectivity index (χ1) is 15.8. The largest absolute Gasteiger partial charge is 0.376 e. The van der Waals surface area contributed by atoms with E-state index >= 15 is 0 Å². The standard InChI is InChI=1S/C25H29N3O3S/c29-24(22-12-8-16-32-22)28(17-20-11-7-15-30-20)18-21-23(19-9-3-1-4-10-19)26-31-25(21)27-13-5-2-6-14-27/h1,3-4,8-10,12,16,20H,2,5-7,11,13-15,17-18H2/t20-/m0/s1. The van der Waals surface area contributed by atoms with Gasteiger partial charge < -0.3 is 19.1 Å². The van der Waals surface area contributed by atoms with E-state index in [0.717, 1.165) is 73.0 Å². The Labute approximate surface area is 192 Å². The average molecular weight is 452 g/mol. The van der Waals surface area contributed by atoms with Crippen molar-refractivity contribution in [2.75, 3.05) is 31.1 Å². The molecule has 4 heterocycles. The maximum absolute atomic E-state index is 13.5. The Bertz CT molecular complexity index is 1010. The molecule has 0 unspecified atom stereocenters. The maximum Gasteiger partial charge on any atom is 0.264 e. The van der Waals surface area contributed by atoms with Crippen molar-refractivity contribution in [3.63, 3.8) is 0 Å². The lowest BCUT2D eigenvalue weighted by molar-refractivity contribution is 0.0511. The molecule has 2 aliphatic heterocycles. The molecule has 7 heteroatoms. The average Bonchev–Trinajstić information content (AvgIpc) is 3.61. The fourth-order valence-corrected chi connectivity index (χ4v) is 5.30. The van der Waals surface area contributed by atoms with E-state index in [1.165, 1.54) is 17.8 Å². The minimum atomic E-state index is 0.0419. The van der Waals surface area contributed by atoms with E-state index in [0.29, 0.717) is 13.1 Å². The Morgan fingerprint density at radius 2 is 1.94 bits per heavy atom. The highest BCUT2D eigenvalue weighted by Gasteiger charge is 2.30. The lowest BCUT2D eigenvalue weighted by Crippen LogP contribution is -2.37. The molecule has 0 saturated carbocycles. The number of hydrogen-bond acceptors (Lipinski definition) is 6. The number of hydrogen-bond donors (Lipinski definition) is 0. The zero-order valence-corrected chi connectivity index (χ0v) is 19.1. The van der Waals surface area contributed by atoms with Crippen LogP contribution in [0.15, 0.2) is 52.4 Å². The van der Waals surface area contributed by atoms with Gasteiger partial charge in [-0.1, -0.05) is 41.6 Å². The molecule has 1 atom stereocenters. The van der Waals surface area contributed by atoms with Gasteiger partial charge in [0.2, 0.25) is 5.88 Å². The summed E-state index contributed by atoms with van der Waals surface area (Å²) in [7, 11) is 0. The van der Waals surface area contributed by atoms with E-state index < -0.39 is 0 Å². The lowest BCUT2D eigenvalue weighted by Gasteiger charge is -2.29. The van der Waals surface area contributed by atoms with Crippen LogP contribution in [0.5, 0.6) is 0 Å². The molecule has 2 aliphatic rings. The van der Waals surface area contributed by atoms with E-state index in [9.17, 15) is 4.79 Å². The zero-order valence-electron chi connectivity index (χ0n) is 18.2. The van der Waals surface area contributed by atoms with Crippen LogP contribution in [-0.4, -0.2) is 48.3 Å². The molecular weight excluding hydrogens is 422 g/mol. The number of anilines is 1. The molecule has 6 nitrogen and oxygen atoms in total. The van der Waals surface area contributed by atoms with Crippen molar-refractivity contribution in [3.05, 3.63) is 58.3 Å². The van der Waals surface area contributed by atoms with Crippen LogP contribution >= 0.6 is 11.3 Å². The van der Waals surface area contributed by atoms with Gasteiger partial charge in [-0.15, -0.1) is 11.3 Å². The molecule has 0 aliphatic carbocycles. The van der Waals surface area contributed by atoms with Crippen molar-refractivity contribution >= 4 is 23.1 Å². The number of carbonyl (C=O) groups excluding carboxylic acids is 1. The van der Waals surface area contributed by atoms with E-state index in [1.54, 1.807) is 0 Å². The number of rotatable bonds is 7. The van der Waals surface area contributed by atoms with Crippen LogP contribution in [0.2, 0.25) is 0 Å². The number of ether oxygens (including phenoxy) is 1. The summed E-state index contributed by atoms with van der Waals surface area (Å²) in [5, 5.41) is 6.44. The number of aromatic nitrogens is 1. The fourth-order valence-electron chi connectivity index (χ4n) is 4.61. The molecule has 5 rings (SSSR count). The van der Waals surface area contributed by atoms with Crippen molar-refractivity contribution in [1.29, 1.82) is 0 Å². The van der Waals surface area contributed by atoms with Crippen LogP contribution in [0.1, 0.15) is 47.3 Å². The molecule has 3 aromatic rings. The highest BCUT2D eigenvalue weighted by Crippen LogP contribution is 2.34. The topological polar surface area (TPSA) is 58.8 Å². The van der Waals surface area contributed by atoms with Crippen molar-refractivity contribution in [2.24, 2.45) is 0 Å². The minimum absolute atomic E-state index is 0.0419. The quantitative estimate of drug-likeness (QED) is 0.493. The van der Waals surface area contributed by atoms with Gasteiger partial charge in [0.15, 0.2) is 0 Å². The third-order valence-corrected chi connectivity index (χ3v) is 7.13. The summed E-state index contributed by atoms with van der Waals surface area (Å²) in [5.41, 5.74) is 2.82. The smallest absolute Gasteiger partial charge is 0.264 e. The van der Waals surface area contributed by atoms with Crippen LogP contribution in [0, 0.1) is 0 Å². The number of piperidine rings is 1. The second-order valence-electron chi connectivity index (χ2n) is 8.53. The van der Waals surface area contributed by atoms with E-state index in [2.05, 4.69) is 10.1 Å². The summed E-state index contributed by atoms with van der Waals surface area (Å²) < 4.78 is 11.8. The number of thiophene rings is 1. The Morgan fingerprint density at radius 3 is 2.66 bits per heavy atom. The third-order valence-electron chi connectivity index (χ3n) is 6.27. The van der Waals surface area contributed by atoms with E-state index in [1.807, 2.05) is 52.7 Å². The van der Waals surface area contributed by atoms with Crippen LogP contribution in [0.25, 0.3) is 11.3 Å². The normalized spacial score (nSPS) is 18.8. The third kappa shape index (κ3) is 4.59. The van der Waals surface area contributed by atoms with Crippen molar-refractivity contribution < 1.29 is 14.1 Å². The first kappa shape index (κ1) is 21.2. The zero-order chi connectivity index (χ0) is 21.8. The number of carbonyl (C=O) groups is 1. The Balaban J connectivity index is 1.50. The Morgan fingerprint density at radius 1 is 1.09 bits per heavy atom. The second kappa shape index (κ2) is 9.88. The van der Waals surface area contributed by atoms with E-state index in [4.69, 9.17) is 9.26 Å². The molecule has 1 aromatic carbocycles. The highest BCUT2D eigenvalue weighted by atomic mass is 32.1. The molecule has 2 aromatic heterocycles. The molecule has 0 N–H and O–H groups in total. The summed E-state index contributed by atoms with van der Waals surface area (Å²) >= 11 is 1.48. The SMILES string of the molecule is O=C(c1cccs1)N(Cc1c(-c2ccccc2)noc1N1CCCCC1)C[C@@H]1CCCO1. The molecule has 32 heavy (non-hydrogen) atoms. The number of amides is 1.